The van der Waals surface area contributed by atoms with Crippen molar-refractivity contribution in [3.05, 3.63) is 30.3 Å². The van der Waals surface area contributed by atoms with E-state index < -0.39 is 0 Å². The van der Waals surface area contributed by atoms with E-state index in [4.69, 9.17) is 0 Å². The third kappa shape index (κ3) is 2.56. The van der Waals surface area contributed by atoms with Gasteiger partial charge in [0.2, 0.25) is 5.91 Å². The number of hydrogen-bond donors (Lipinski definition) is 0. The standard InChI is InChI=1S/C16H19N3O3/c1-12(20)17-9-7-13(8-10-17)18-11-15(21)19(16(18)22)14-5-3-2-4-6-14/h2-6,13H,7-11H2,1H3. The van der Waals surface area contributed by atoms with Gasteiger partial charge in [-0.05, 0) is 25.0 Å². The number of anilines is 1. The van der Waals surface area contributed by atoms with Gasteiger partial charge in [-0.25, -0.2) is 9.69 Å². The molecule has 0 unspecified atom stereocenters. The lowest BCUT2D eigenvalue weighted by Gasteiger charge is -2.35. The highest BCUT2D eigenvalue weighted by molar-refractivity contribution is 6.19. The van der Waals surface area contributed by atoms with Crippen LogP contribution in [0.4, 0.5) is 10.5 Å². The number of hydrogen-bond acceptors (Lipinski definition) is 3. The Balaban J connectivity index is 1.71. The summed E-state index contributed by atoms with van der Waals surface area (Å²) in [5.74, 6) is -0.126. The van der Waals surface area contributed by atoms with Gasteiger partial charge in [0.05, 0.1) is 5.69 Å². The molecule has 116 valence electrons. The van der Waals surface area contributed by atoms with Gasteiger partial charge in [-0.1, -0.05) is 18.2 Å². The molecule has 6 nitrogen and oxygen atoms in total. The first-order chi connectivity index (χ1) is 10.6. The highest BCUT2D eigenvalue weighted by atomic mass is 16.2. The van der Waals surface area contributed by atoms with Gasteiger partial charge >= 0.3 is 6.03 Å². The largest absolute Gasteiger partial charge is 0.343 e. The molecule has 0 N–H and O–H groups in total. The van der Waals surface area contributed by atoms with E-state index in [0.29, 0.717) is 18.8 Å². The van der Waals surface area contributed by atoms with Crippen molar-refractivity contribution < 1.29 is 14.4 Å². The number of carbonyl (C=O) groups excluding carboxylic acids is 3. The topological polar surface area (TPSA) is 60.9 Å². The van der Waals surface area contributed by atoms with Crippen LogP contribution >= 0.6 is 0 Å². The monoisotopic (exact) mass is 301 g/mol. The van der Waals surface area contributed by atoms with Crippen molar-refractivity contribution in [2.45, 2.75) is 25.8 Å². The van der Waals surface area contributed by atoms with Crippen molar-refractivity contribution >= 4 is 23.5 Å². The first-order valence-corrected chi connectivity index (χ1v) is 7.52. The molecule has 1 aromatic rings. The maximum absolute atomic E-state index is 12.6. The van der Waals surface area contributed by atoms with Gasteiger partial charge in [0, 0.05) is 26.1 Å². The van der Waals surface area contributed by atoms with Crippen molar-refractivity contribution in [2.24, 2.45) is 0 Å². The molecule has 0 aromatic heterocycles. The van der Waals surface area contributed by atoms with Crippen molar-refractivity contribution in [3.63, 3.8) is 0 Å². The van der Waals surface area contributed by atoms with Crippen LogP contribution in [0, 0.1) is 0 Å². The molecule has 6 heteroatoms. The second-order valence-electron chi connectivity index (χ2n) is 5.71. The molecule has 2 fully saturated rings. The predicted octanol–water partition coefficient (Wildman–Crippen LogP) is 1.47. The first-order valence-electron chi connectivity index (χ1n) is 7.52. The smallest absolute Gasteiger partial charge is 0.332 e. The lowest BCUT2D eigenvalue weighted by molar-refractivity contribution is -0.130. The predicted molar refractivity (Wildman–Crippen MR) is 81.3 cm³/mol. The van der Waals surface area contributed by atoms with Crippen molar-refractivity contribution in [1.29, 1.82) is 0 Å². The van der Waals surface area contributed by atoms with E-state index in [1.165, 1.54) is 4.90 Å². The summed E-state index contributed by atoms with van der Waals surface area (Å²) in [7, 11) is 0. The molecule has 2 heterocycles. The van der Waals surface area contributed by atoms with Crippen molar-refractivity contribution in [1.82, 2.24) is 9.80 Å². The van der Waals surface area contributed by atoms with Crippen LogP contribution in [0.15, 0.2) is 30.3 Å². The zero-order valence-electron chi connectivity index (χ0n) is 12.6. The molecule has 4 amide bonds. The Morgan fingerprint density at radius 3 is 2.32 bits per heavy atom. The summed E-state index contributed by atoms with van der Waals surface area (Å²) in [6.45, 7) is 2.97. The van der Waals surface area contributed by atoms with Gasteiger partial charge < -0.3 is 9.80 Å². The zero-order chi connectivity index (χ0) is 15.7. The van der Waals surface area contributed by atoms with Crippen LogP contribution in [0.5, 0.6) is 0 Å². The normalized spacial score (nSPS) is 20.0. The highest BCUT2D eigenvalue weighted by Gasteiger charge is 2.41. The van der Waals surface area contributed by atoms with E-state index in [-0.39, 0.29) is 30.4 Å². The Bertz CT molecular complexity index is 594. The SMILES string of the molecule is CC(=O)N1CCC(N2CC(=O)N(c3ccccc3)C2=O)CC1. The van der Waals surface area contributed by atoms with E-state index in [0.717, 1.165) is 12.8 Å². The summed E-state index contributed by atoms with van der Waals surface area (Å²) >= 11 is 0. The van der Waals surface area contributed by atoms with Crippen molar-refractivity contribution in [2.75, 3.05) is 24.5 Å². The second-order valence-corrected chi connectivity index (χ2v) is 5.71. The summed E-state index contributed by atoms with van der Waals surface area (Å²) in [6.07, 6.45) is 1.45. The average molecular weight is 301 g/mol. The third-order valence-electron chi connectivity index (χ3n) is 4.36. The van der Waals surface area contributed by atoms with Crippen LogP contribution in [0.2, 0.25) is 0 Å². The number of carbonyl (C=O) groups is 3. The summed E-state index contributed by atoms with van der Waals surface area (Å²) in [4.78, 5) is 40.8. The molecular weight excluding hydrogens is 282 g/mol. The molecule has 1 aromatic carbocycles. The first kappa shape index (κ1) is 14.6. The molecule has 0 radical (unpaired) electrons. The summed E-state index contributed by atoms with van der Waals surface area (Å²) in [5, 5.41) is 0. The van der Waals surface area contributed by atoms with Gasteiger partial charge in [0.1, 0.15) is 6.54 Å². The van der Waals surface area contributed by atoms with Crippen LogP contribution in [0.3, 0.4) is 0 Å². The van der Waals surface area contributed by atoms with Crippen LogP contribution in [0.1, 0.15) is 19.8 Å². The summed E-state index contributed by atoms with van der Waals surface area (Å²) in [6, 6.07) is 8.77. The molecular formula is C16H19N3O3. The second kappa shape index (κ2) is 5.79. The molecule has 3 rings (SSSR count). The van der Waals surface area contributed by atoms with E-state index >= 15 is 0 Å². The number of amides is 4. The lowest BCUT2D eigenvalue weighted by atomic mass is 10.0. The van der Waals surface area contributed by atoms with Crippen LogP contribution in [0.25, 0.3) is 0 Å². The van der Waals surface area contributed by atoms with Gasteiger partial charge in [-0.3, -0.25) is 9.59 Å². The molecule has 0 saturated carbocycles. The summed E-state index contributed by atoms with van der Waals surface area (Å²) in [5.41, 5.74) is 0.612. The van der Waals surface area contributed by atoms with Crippen LogP contribution in [-0.4, -0.2) is 53.3 Å². The maximum Gasteiger partial charge on any atom is 0.332 e. The lowest BCUT2D eigenvalue weighted by Crippen LogP contribution is -2.47. The quantitative estimate of drug-likeness (QED) is 0.777. The fraction of sp³-hybridized carbons (Fsp3) is 0.438. The Morgan fingerprint density at radius 2 is 1.73 bits per heavy atom. The number of benzene rings is 1. The average Bonchev–Trinajstić information content (AvgIpc) is 2.83. The minimum Gasteiger partial charge on any atom is -0.343 e. The number of nitrogens with zero attached hydrogens (tertiary/aromatic N) is 3. The van der Waals surface area contributed by atoms with Gasteiger partial charge in [0.15, 0.2) is 0 Å². The molecule has 2 saturated heterocycles. The molecule has 2 aliphatic heterocycles. The Morgan fingerprint density at radius 1 is 1.09 bits per heavy atom. The van der Waals surface area contributed by atoms with Crippen LogP contribution in [-0.2, 0) is 9.59 Å². The highest BCUT2D eigenvalue weighted by Crippen LogP contribution is 2.26. The fourth-order valence-electron chi connectivity index (χ4n) is 3.13. The number of para-hydroxylation sites is 1. The van der Waals surface area contributed by atoms with E-state index in [9.17, 15) is 14.4 Å². The number of imide groups is 1. The van der Waals surface area contributed by atoms with E-state index in [1.54, 1.807) is 28.9 Å². The Kier molecular flexibility index (Phi) is 3.83. The molecule has 0 spiro atoms. The third-order valence-corrected chi connectivity index (χ3v) is 4.36. The number of likely N-dealkylation sites (tertiary alicyclic amines) is 1. The van der Waals surface area contributed by atoms with Gasteiger partial charge in [0.25, 0.3) is 5.91 Å². The fourth-order valence-corrected chi connectivity index (χ4v) is 3.13. The molecule has 0 bridgehead atoms. The number of urea groups is 1. The molecule has 0 atom stereocenters. The van der Waals surface area contributed by atoms with Crippen LogP contribution < -0.4 is 4.90 Å². The number of piperidine rings is 1. The minimum absolute atomic E-state index is 0.0285. The number of rotatable bonds is 2. The van der Waals surface area contributed by atoms with Gasteiger partial charge in [-0.15, -0.1) is 0 Å². The Labute approximate surface area is 129 Å². The summed E-state index contributed by atoms with van der Waals surface area (Å²) < 4.78 is 0. The van der Waals surface area contributed by atoms with E-state index in [1.807, 2.05) is 18.2 Å². The minimum atomic E-state index is -0.252. The maximum atomic E-state index is 12.6. The molecule has 0 aliphatic carbocycles. The van der Waals surface area contributed by atoms with Crippen molar-refractivity contribution in [3.8, 4) is 0 Å². The van der Waals surface area contributed by atoms with Gasteiger partial charge in [-0.2, -0.15) is 0 Å². The van der Waals surface area contributed by atoms with E-state index in [2.05, 4.69) is 0 Å². The Hall–Kier alpha value is -2.37. The molecule has 2 aliphatic rings. The zero-order valence-corrected chi connectivity index (χ0v) is 12.6. The molecule has 22 heavy (non-hydrogen) atoms.